The van der Waals surface area contributed by atoms with Crippen molar-refractivity contribution in [1.82, 2.24) is 9.80 Å². The predicted molar refractivity (Wildman–Crippen MR) is 83.4 cm³/mol. The first-order valence-electron chi connectivity index (χ1n) is 8.47. The van der Waals surface area contributed by atoms with Gasteiger partial charge in [0.1, 0.15) is 0 Å². The molecule has 1 aliphatic carbocycles. The Morgan fingerprint density at radius 2 is 1.42 bits per heavy atom. The van der Waals surface area contributed by atoms with Crippen LogP contribution in [-0.4, -0.2) is 49.1 Å². The monoisotopic (exact) mass is 266 g/mol. The van der Waals surface area contributed by atoms with Gasteiger partial charge < -0.3 is 9.80 Å². The zero-order valence-corrected chi connectivity index (χ0v) is 13.6. The number of likely N-dealkylation sites (tertiary alicyclic amines) is 2. The average molecular weight is 266 g/mol. The van der Waals surface area contributed by atoms with Crippen molar-refractivity contribution in [2.24, 2.45) is 17.8 Å². The van der Waals surface area contributed by atoms with Gasteiger partial charge >= 0.3 is 0 Å². The molecule has 0 spiro atoms. The molecular formula is C17H34N2. The van der Waals surface area contributed by atoms with E-state index in [1.165, 1.54) is 58.3 Å². The molecule has 0 aromatic heterocycles. The molecule has 0 amide bonds. The maximum absolute atomic E-state index is 2.66. The van der Waals surface area contributed by atoms with Crippen molar-refractivity contribution in [3.05, 3.63) is 0 Å². The zero-order chi connectivity index (χ0) is 13.8. The first kappa shape index (κ1) is 15.3. The van der Waals surface area contributed by atoms with Crippen molar-refractivity contribution in [3.8, 4) is 0 Å². The highest BCUT2D eigenvalue weighted by Crippen LogP contribution is 2.36. The SMILES string of the molecule is CC(C)N1CC2CCC(C2)C1.CC1CCN(C)CC1. The Morgan fingerprint density at radius 1 is 0.895 bits per heavy atom. The summed E-state index contributed by atoms with van der Waals surface area (Å²) in [5.74, 6) is 3.08. The zero-order valence-electron chi connectivity index (χ0n) is 13.6. The maximum Gasteiger partial charge on any atom is 0.00388 e. The minimum Gasteiger partial charge on any atom is -0.306 e. The van der Waals surface area contributed by atoms with Gasteiger partial charge in [-0.15, -0.1) is 0 Å². The molecule has 2 heterocycles. The Labute approximate surface area is 120 Å². The number of rotatable bonds is 1. The van der Waals surface area contributed by atoms with Crippen LogP contribution in [0.25, 0.3) is 0 Å². The topological polar surface area (TPSA) is 6.48 Å². The minimum absolute atomic E-state index is 0.776. The molecule has 2 nitrogen and oxygen atoms in total. The van der Waals surface area contributed by atoms with Gasteiger partial charge in [-0.2, -0.15) is 0 Å². The summed E-state index contributed by atoms with van der Waals surface area (Å²) in [5, 5.41) is 0. The molecule has 2 unspecified atom stereocenters. The molecule has 0 aromatic rings. The van der Waals surface area contributed by atoms with Gasteiger partial charge in [0.25, 0.3) is 0 Å². The highest BCUT2D eigenvalue weighted by atomic mass is 15.2. The molecule has 0 aromatic carbocycles. The molecule has 3 rings (SSSR count). The van der Waals surface area contributed by atoms with Crippen LogP contribution in [0.4, 0.5) is 0 Å². The average Bonchev–Trinajstić information content (AvgIpc) is 2.72. The van der Waals surface area contributed by atoms with E-state index in [-0.39, 0.29) is 0 Å². The van der Waals surface area contributed by atoms with Gasteiger partial charge in [-0.3, -0.25) is 0 Å². The largest absolute Gasteiger partial charge is 0.306 e. The fraction of sp³-hybridized carbons (Fsp3) is 1.00. The summed E-state index contributed by atoms with van der Waals surface area (Å²) in [5.41, 5.74) is 0. The van der Waals surface area contributed by atoms with E-state index >= 15 is 0 Å². The van der Waals surface area contributed by atoms with Crippen molar-refractivity contribution in [2.75, 3.05) is 33.2 Å². The first-order valence-corrected chi connectivity index (χ1v) is 8.47. The molecule has 19 heavy (non-hydrogen) atoms. The summed E-state index contributed by atoms with van der Waals surface area (Å²) < 4.78 is 0. The van der Waals surface area contributed by atoms with Gasteiger partial charge in [0.05, 0.1) is 0 Å². The van der Waals surface area contributed by atoms with Crippen LogP contribution in [0, 0.1) is 17.8 Å². The summed E-state index contributed by atoms with van der Waals surface area (Å²) in [6.45, 7) is 12.4. The van der Waals surface area contributed by atoms with Gasteiger partial charge in [0.15, 0.2) is 0 Å². The minimum atomic E-state index is 0.776. The van der Waals surface area contributed by atoms with Crippen LogP contribution in [0.3, 0.4) is 0 Å². The molecule has 2 heteroatoms. The molecule has 2 bridgehead atoms. The van der Waals surface area contributed by atoms with Crippen molar-refractivity contribution >= 4 is 0 Å². The second kappa shape index (κ2) is 7.08. The normalized spacial score (nSPS) is 33.3. The lowest BCUT2D eigenvalue weighted by atomic mass is 9.98. The highest BCUT2D eigenvalue weighted by molar-refractivity contribution is 4.86. The van der Waals surface area contributed by atoms with E-state index in [1.807, 2.05) is 0 Å². The summed E-state index contributed by atoms with van der Waals surface area (Å²) in [7, 11) is 2.20. The molecule has 112 valence electrons. The van der Waals surface area contributed by atoms with Gasteiger partial charge in [-0.25, -0.2) is 0 Å². The Hall–Kier alpha value is -0.0800. The lowest BCUT2D eigenvalue weighted by molar-refractivity contribution is 0.133. The number of nitrogens with zero attached hydrogens (tertiary/aromatic N) is 2. The Bertz CT molecular complexity index is 234. The van der Waals surface area contributed by atoms with Crippen LogP contribution in [0.15, 0.2) is 0 Å². The molecule has 2 saturated heterocycles. The van der Waals surface area contributed by atoms with E-state index in [0.29, 0.717) is 0 Å². The molecule has 1 saturated carbocycles. The van der Waals surface area contributed by atoms with Gasteiger partial charge in [-0.05, 0) is 83.8 Å². The molecule has 3 fully saturated rings. The van der Waals surface area contributed by atoms with E-state index < -0.39 is 0 Å². The quantitative estimate of drug-likeness (QED) is 0.717. The van der Waals surface area contributed by atoms with E-state index in [4.69, 9.17) is 0 Å². The number of hydrogen-bond acceptors (Lipinski definition) is 2. The van der Waals surface area contributed by atoms with Crippen LogP contribution in [0.1, 0.15) is 52.9 Å². The van der Waals surface area contributed by atoms with Gasteiger partial charge in [-0.1, -0.05) is 6.92 Å². The summed E-state index contributed by atoms with van der Waals surface area (Å²) >= 11 is 0. The molecular weight excluding hydrogens is 232 g/mol. The third kappa shape index (κ3) is 4.75. The van der Waals surface area contributed by atoms with Crippen molar-refractivity contribution in [2.45, 2.75) is 58.9 Å². The summed E-state index contributed by atoms with van der Waals surface area (Å²) in [4.78, 5) is 5.06. The van der Waals surface area contributed by atoms with E-state index in [1.54, 1.807) is 0 Å². The number of hydrogen-bond donors (Lipinski definition) is 0. The van der Waals surface area contributed by atoms with Gasteiger partial charge in [0.2, 0.25) is 0 Å². The van der Waals surface area contributed by atoms with Crippen LogP contribution in [0.2, 0.25) is 0 Å². The number of fused-ring (bicyclic) bond motifs is 2. The fourth-order valence-corrected chi connectivity index (χ4v) is 3.81. The Kier molecular flexibility index (Phi) is 5.70. The lowest BCUT2D eigenvalue weighted by Gasteiger charge is -2.34. The van der Waals surface area contributed by atoms with Crippen LogP contribution >= 0.6 is 0 Å². The standard InChI is InChI=1S/C10H19N.C7H15N/c1-8(2)11-6-9-3-4-10(5-9)7-11;1-7-3-5-8(2)6-4-7/h8-10H,3-7H2,1-2H3;7H,3-6H2,1-2H3. The predicted octanol–water partition coefficient (Wildman–Crippen LogP) is 3.47. The van der Waals surface area contributed by atoms with E-state index in [0.717, 1.165) is 23.8 Å². The highest BCUT2D eigenvalue weighted by Gasteiger charge is 2.33. The third-order valence-corrected chi connectivity index (χ3v) is 5.37. The second-order valence-corrected chi connectivity index (χ2v) is 7.58. The Morgan fingerprint density at radius 3 is 1.84 bits per heavy atom. The summed E-state index contributed by atoms with van der Waals surface area (Å²) in [6, 6.07) is 0.776. The third-order valence-electron chi connectivity index (χ3n) is 5.37. The van der Waals surface area contributed by atoms with Crippen molar-refractivity contribution in [1.29, 1.82) is 0 Å². The van der Waals surface area contributed by atoms with Crippen molar-refractivity contribution in [3.63, 3.8) is 0 Å². The number of piperidine rings is 2. The Balaban J connectivity index is 0.000000148. The first-order chi connectivity index (χ1) is 9.04. The van der Waals surface area contributed by atoms with Crippen LogP contribution < -0.4 is 0 Å². The molecule has 0 N–H and O–H groups in total. The van der Waals surface area contributed by atoms with E-state index in [9.17, 15) is 0 Å². The van der Waals surface area contributed by atoms with Crippen molar-refractivity contribution < 1.29 is 0 Å². The smallest absolute Gasteiger partial charge is 0.00388 e. The molecule has 2 atom stereocenters. The lowest BCUT2D eigenvalue weighted by Crippen LogP contribution is -2.40. The van der Waals surface area contributed by atoms with Crippen LogP contribution in [-0.2, 0) is 0 Å². The maximum atomic E-state index is 2.66. The molecule has 2 aliphatic heterocycles. The fourth-order valence-electron chi connectivity index (χ4n) is 3.81. The second-order valence-electron chi connectivity index (χ2n) is 7.58. The summed E-state index contributed by atoms with van der Waals surface area (Å²) in [6.07, 6.45) is 7.35. The van der Waals surface area contributed by atoms with E-state index in [2.05, 4.69) is 37.6 Å². The van der Waals surface area contributed by atoms with Gasteiger partial charge in [0, 0.05) is 19.1 Å². The van der Waals surface area contributed by atoms with Crippen LogP contribution in [0.5, 0.6) is 0 Å². The molecule has 0 radical (unpaired) electrons. The molecule has 3 aliphatic rings.